The van der Waals surface area contributed by atoms with Crippen molar-refractivity contribution in [3.63, 3.8) is 0 Å². The van der Waals surface area contributed by atoms with E-state index in [0.29, 0.717) is 29.4 Å². The highest BCUT2D eigenvalue weighted by molar-refractivity contribution is 5.71. The van der Waals surface area contributed by atoms with Gasteiger partial charge in [0.1, 0.15) is 12.1 Å². The van der Waals surface area contributed by atoms with Gasteiger partial charge in [-0.25, -0.2) is 9.97 Å². The van der Waals surface area contributed by atoms with Gasteiger partial charge in [-0.1, -0.05) is 0 Å². The fourth-order valence-electron chi connectivity index (χ4n) is 1.07. The van der Waals surface area contributed by atoms with E-state index in [4.69, 9.17) is 14.9 Å². The maximum absolute atomic E-state index is 5.53. The highest BCUT2D eigenvalue weighted by Crippen LogP contribution is 2.15. The standard InChI is InChI=1S/C8H9N3O2/c1-12-4-7-11-6-2-5(9)3-10-8(6)13-7/h2-3H,4,9H2,1H3. The fraction of sp³-hybridized carbons (Fsp3) is 0.250. The van der Waals surface area contributed by atoms with Crippen LogP contribution in [-0.2, 0) is 11.3 Å². The number of anilines is 1. The summed E-state index contributed by atoms with van der Waals surface area (Å²) in [6.45, 7) is 0.344. The number of nitrogen functional groups attached to an aromatic ring is 1. The lowest BCUT2D eigenvalue weighted by molar-refractivity contribution is 0.161. The second-order valence-corrected chi connectivity index (χ2v) is 2.63. The molecule has 5 nitrogen and oxygen atoms in total. The first-order valence-corrected chi connectivity index (χ1v) is 3.79. The molecule has 13 heavy (non-hydrogen) atoms. The largest absolute Gasteiger partial charge is 0.420 e. The molecule has 0 amide bonds. The van der Waals surface area contributed by atoms with E-state index in [2.05, 4.69) is 9.97 Å². The summed E-state index contributed by atoms with van der Waals surface area (Å²) < 4.78 is 10.1. The third-order valence-corrected chi connectivity index (χ3v) is 1.58. The molecule has 0 aliphatic carbocycles. The second-order valence-electron chi connectivity index (χ2n) is 2.63. The first kappa shape index (κ1) is 8.00. The van der Waals surface area contributed by atoms with Gasteiger partial charge < -0.3 is 14.9 Å². The van der Waals surface area contributed by atoms with Crippen LogP contribution in [0.4, 0.5) is 5.69 Å². The zero-order chi connectivity index (χ0) is 9.26. The molecule has 0 bridgehead atoms. The molecule has 0 aliphatic rings. The van der Waals surface area contributed by atoms with Crippen LogP contribution in [0.15, 0.2) is 16.7 Å². The lowest BCUT2D eigenvalue weighted by Crippen LogP contribution is -1.86. The van der Waals surface area contributed by atoms with Crippen LogP contribution in [0.1, 0.15) is 5.89 Å². The molecule has 0 atom stereocenters. The molecule has 0 saturated heterocycles. The zero-order valence-electron chi connectivity index (χ0n) is 7.15. The molecule has 2 aromatic rings. The Labute approximate surface area is 74.5 Å². The summed E-state index contributed by atoms with van der Waals surface area (Å²) in [6.07, 6.45) is 1.53. The van der Waals surface area contributed by atoms with E-state index < -0.39 is 0 Å². The van der Waals surface area contributed by atoms with Crippen molar-refractivity contribution in [3.8, 4) is 0 Å². The number of pyridine rings is 1. The molecule has 0 aromatic carbocycles. The Morgan fingerprint density at radius 2 is 2.46 bits per heavy atom. The molecule has 0 saturated carbocycles. The van der Waals surface area contributed by atoms with Gasteiger partial charge in [0, 0.05) is 7.11 Å². The lowest BCUT2D eigenvalue weighted by Gasteiger charge is -1.87. The summed E-state index contributed by atoms with van der Waals surface area (Å²) in [7, 11) is 1.58. The normalized spacial score (nSPS) is 10.8. The zero-order valence-corrected chi connectivity index (χ0v) is 7.15. The van der Waals surface area contributed by atoms with Gasteiger partial charge in [-0.05, 0) is 6.07 Å². The molecule has 0 unspecified atom stereocenters. The molecule has 2 N–H and O–H groups in total. The van der Waals surface area contributed by atoms with Crippen molar-refractivity contribution in [2.45, 2.75) is 6.61 Å². The predicted octanol–water partition coefficient (Wildman–Crippen LogP) is 0.951. The number of rotatable bonds is 2. The summed E-state index contributed by atoms with van der Waals surface area (Å²) in [5.41, 5.74) is 7.25. The van der Waals surface area contributed by atoms with Crippen LogP contribution in [0.5, 0.6) is 0 Å². The number of fused-ring (bicyclic) bond motifs is 1. The maximum atomic E-state index is 5.53. The van der Waals surface area contributed by atoms with Crippen molar-refractivity contribution in [1.29, 1.82) is 0 Å². The van der Waals surface area contributed by atoms with Gasteiger partial charge in [0.25, 0.3) is 0 Å². The van der Waals surface area contributed by atoms with E-state index >= 15 is 0 Å². The molecule has 2 heterocycles. The minimum absolute atomic E-state index is 0.344. The third-order valence-electron chi connectivity index (χ3n) is 1.58. The van der Waals surface area contributed by atoms with E-state index in [9.17, 15) is 0 Å². The predicted molar refractivity (Wildman–Crippen MR) is 46.9 cm³/mol. The smallest absolute Gasteiger partial charge is 0.247 e. The Morgan fingerprint density at radius 3 is 3.23 bits per heavy atom. The van der Waals surface area contributed by atoms with E-state index in [-0.39, 0.29) is 0 Å². The van der Waals surface area contributed by atoms with Gasteiger partial charge >= 0.3 is 0 Å². The number of nitrogens with two attached hydrogens (primary N) is 1. The first-order chi connectivity index (χ1) is 6.29. The fourth-order valence-corrected chi connectivity index (χ4v) is 1.07. The molecule has 0 aliphatic heterocycles. The molecule has 2 aromatic heterocycles. The Kier molecular flexibility index (Phi) is 1.86. The third kappa shape index (κ3) is 1.46. The van der Waals surface area contributed by atoms with Crippen molar-refractivity contribution >= 4 is 16.9 Å². The van der Waals surface area contributed by atoms with Gasteiger partial charge in [0.2, 0.25) is 11.6 Å². The van der Waals surface area contributed by atoms with Crippen molar-refractivity contribution < 1.29 is 9.15 Å². The van der Waals surface area contributed by atoms with Crippen molar-refractivity contribution in [3.05, 3.63) is 18.2 Å². The quantitative estimate of drug-likeness (QED) is 0.742. The molecule has 2 rings (SSSR count). The van der Waals surface area contributed by atoms with Crippen LogP contribution in [0.2, 0.25) is 0 Å². The number of oxazole rings is 1. The minimum atomic E-state index is 0.344. The monoisotopic (exact) mass is 179 g/mol. The molecular weight excluding hydrogens is 170 g/mol. The van der Waals surface area contributed by atoms with Gasteiger partial charge in [0.15, 0.2) is 0 Å². The van der Waals surface area contributed by atoms with Crippen LogP contribution in [0.3, 0.4) is 0 Å². The second kappa shape index (κ2) is 3.02. The summed E-state index contributed by atoms with van der Waals surface area (Å²) >= 11 is 0. The Hall–Kier alpha value is -1.62. The van der Waals surface area contributed by atoms with Crippen molar-refractivity contribution in [2.75, 3.05) is 12.8 Å². The molecule has 68 valence electrons. The minimum Gasteiger partial charge on any atom is -0.420 e. The first-order valence-electron chi connectivity index (χ1n) is 3.79. The summed E-state index contributed by atoms with van der Waals surface area (Å²) in [5, 5.41) is 0. The lowest BCUT2D eigenvalue weighted by atomic mass is 10.4. The maximum Gasteiger partial charge on any atom is 0.247 e. The van der Waals surface area contributed by atoms with E-state index in [1.54, 1.807) is 13.2 Å². The summed E-state index contributed by atoms with van der Waals surface area (Å²) in [6, 6.07) is 1.71. The van der Waals surface area contributed by atoms with Crippen LogP contribution < -0.4 is 5.73 Å². The number of aromatic nitrogens is 2. The number of ether oxygens (including phenoxy) is 1. The van der Waals surface area contributed by atoms with E-state index in [1.807, 2.05) is 0 Å². The van der Waals surface area contributed by atoms with Crippen molar-refractivity contribution in [1.82, 2.24) is 9.97 Å². The Morgan fingerprint density at radius 1 is 1.62 bits per heavy atom. The van der Waals surface area contributed by atoms with Crippen LogP contribution in [0, 0.1) is 0 Å². The van der Waals surface area contributed by atoms with Crippen LogP contribution in [-0.4, -0.2) is 17.1 Å². The van der Waals surface area contributed by atoms with Crippen molar-refractivity contribution in [2.24, 2.45) is 0 Å². The van der Waals surface area contributed by atoms with Crippen LogP contribution >= 0.6 is 0 Å². The number of hydrogen-bond acceptors (Lipinski definition) is 5. The number of nitrogens with zero attached hydrogens (tertiary/aromatic N) is 2. The molecule has 0 spiro atoms. The van der Waals surface area contributed by atoms with Gasteiger partial charge in [-0.2, -0.15) is 0 Å². The van der Waals surface area contributed by atoms with E-state index in [1.165, 1.54) is 6.20 Å². The summed E-state index contributed by atoms with van der Waals surface area (Å²) in [4.78, 5) is 8.10. The Bertz CT molecular complexity index is 424. The highest BCUT2D eigenvalue weighted by atomic mass is 16.5. The van der Waals surface area contributed by atoms with Gasteiger partial charge in [0.05, 0.1) is 11.9 Å². The highest BCUT2D eigenvalue weighted by Gasteiger charge is 2.05. The molecular formula is C8H9N3O2. The average Bonchev–Trinajstić information content (AvgIpc) is 2.46. The topological polar surface area (TPSA) is 74.2 Å². The summed E-state index contributed by atoms with van der Waals surface area (Å²) in [5.74, 6) is 0.510. The van der Waals surface area contributed by atoms with Gasteiger partial charge in [-0.3, -0.25) is 0 Å². The molecule has 0 radical (unpaired) electrons. The van der Waals surface area contributed by atoms with Gasteiger partial charge in [-0.15, -0.1) is 0 Å². The SMILES string of the molecule is COCc1nc2cc(N)cnc2o1. The Balaban J connectivity index is 2.49. The molecule has 5 heteroatoms. The average molecular weight is 179 g/mol. The van der Waals surface area contributed by atoms with E-state index in [0.717, 1.165) is 0 Å². The molecule has 0 fully saturated rings. The number of hydrogen-bond donors (Lipinski definition) is 1. The van der Waals surface area contributed by atoms with Crippen LogP contribution in [0.25, 0.3) is 11.2 Å². The number of methoxy groups -OCH3 is 1.